The SMILES string of the molecule is CC/C=C\C/C=C\C/C=C\C/C=C\C/C=C\C/C=C\CCC(=O)O[C@H](COC(=O)CC/C=C\C/C=C\C/C=C\C/C=C\CC1OC1C/C=C\CC)COP(=O)(O)OC[C@H](N)C(=O)O. The van der Waals surface area contributed by atoms with E-state index in [2.05, 4.69) is 116 Å². The number of rotatable bonds is 38. The van der Waals surface area contributed by atoms with E-state index in [1.54, 1.807) is 0 Å². The smallest absolute Gasteiger partial charge is 0.472 e. The Morgan fingerprint density at radius 3 is 1.37 bits per heavy atom. The van der Waals surface area contributed by atoms with Crippen molar-refractivity contribution in [3.05, 3.63) is 134 Å². The van der Waals surface area contributed by atoms with Crippen molar-refractivity contribution in [1.29, 1.82) is 0 Å². The maximum Gasteiger partial charge on any atom is 0.472 e. The molecule has 5 atom stereocenters. The fraction of sp³-hybridized carbons (Fsp3) is 0.500. The minimum Gasteiger partial charge on any atom is -0.480 e. The molecule has 13 heteroatoms. The van der Waals surface area contributed by atoms with Crippen LogP contribution in [0.5, 0.6) is 0 Å². The number of carboxylic acid groups (broad SMARTS) is 1. The van der Waals surface area contributed by atoms with E-state index in [1.165, 1.54) is 0 Å². The van der Waals surface area contributed by atoms with E-state index in [0.717, 1.165) is 64.2 Å². The van der Waals surface area contributed by atoms with Crippen molar-refractivity contribution in [2.75, 3.05) is 19.8 Å². The van der Waals surface area contributed by atoms with Crippen LogP contribution in [0, 0.1) is 0 Å². The molecule has 350 valence electrons. The molecule has 4 N–H and O–H groups in total. The van der Waals surface area contributed by atoms with Crippen molar-refractivity contribution in [3.63, 3.8) is 0 Å². The lowest BCUT2D eigenvalue weighted by molar-refractivity contribution is -0.161. The van der Waals surface area contributed by atoms with Crippen molar-refractivity contribution in [1.82, 2.24) is 0 Å². The third-order valence-corrected chi connectivity index (χ3v) is 9.77. The molecule has 0 bridgehead atoms. The van der Waals surface area contributed by atoms with Gasteiger partial charge in [-0.1, -0.05) is 148 Å². The van der Waals surface area contributed by atoms with Gasteiger partial charge in [-0.05, 0) is 89.9 Å². The zero-order chi connectivity index (χ0) is 46.1. The number of allylic oxidation sites excluding steroid dienone is 20. The summed E-state index contributed by atoms with van der Waals surface area (Å²) in [6.45, 7) is 2.39. The van der Waals surface area contributed by atoms with E-state index in [9.17, 15) is 23.8 Å². The highest BCUT2D eigenvalue weighted by molar-refractivity contribution is 7.47. The summed E-state index contributed by atoms with van der Waals surface area (Å²) in [4.78, 5) is 46.0. The standard InChI is InChI=1S/C50H74NO11P/c1-3-5-7-8-9-10-11-12-13-14-15-16-17-18-23-26-29-32-36-40-49(53)61-44(42-59-63(56,57)60-43-45(51)50(54)55)41-58-48(52)39-35-31-28-25-22-20-19-21-24-27-30-34-38-47-46(62-47)37-33-6-4-2/h5-7,9-10,12-13,15-16,18,20-24,28-34,44-47H,3-4,8,11,14,17,19,25-27,35-43,51H2,1-2H3,(H,54,55)(H,56,57)/b7-5-,10-9-,13-12-,16-15-,22-20-,23-18-,24-21-,31-28-,32-29-,33-6-,34-30-/t44-,45+,46?,47?/m1/s1. The summed E-state index contributed by atoms with van der Waals surface area (Å²) in [7, 11) is -4.77. The molecule has 3 unspecified atom stereocenters. The fourth-order valence-corrected chi connectivity index (χ4v) is 6.05. The summed E-state index contributed by atoms with van der Waals surface area (Å²) < 4.78 is 38.2. The van der Waals surface area contributed by atoms with Crippen molar-refractivity contribution in [2.45, 2.75) is 141 Å². The minimum atomic E-state index is -4.77. The van der Waals surface area contributed by atoms with E-state index in [1.807, 2.05) is 36.5 Å². The summed E-state index contributed by atoms with van der Waals surface area (Å²) in [5.74, 6) is -2.62. The van der Waals surface area contributed by atoms with Crippen LogP contribution < -0.4 is 5.73 Å². The summed E-state index contributed by atoms with van der Waals surface area (Å²) in [5.41, 5.74) is 5.33. The molecule has 0 aromatic carbocycles. The Kier molecular flexibility index (Phi) is 35.2. The number of ether oxygens (including phenoxy) is 3. The summed E-state index contributed by atoms with van der Waals surface area (Å²) in [5, 5.41) is 8.90. The van der Waals surface area contributed by atoms with Crippen LogP contribution in [0.3, 0.4) is 0 Å². The molecule has 0 saturated carbocycles. The predicted octanol–water partition coefficient (Wildman–Crippen LogP) is 11.2. The summed E-state index contributed by atoms with van der Waals surface area (Å²) in [6.07, 6.45) is 57.3. The Balaban J connectivity index is 2.39. The second-order valence-electron chi connectivity index (χ2n) is 14.4. The lowest BCUT2D eigenvalue weighted by atomic mass is 10.1. The molecule has 1 aliphatic rings. The largest absolute Gasteiger partial charge is 0.480 e. The van der Waals surface area contributed by atoms with Gasteiger partial charge in [0.1, 0.15) is 12.6 Å². The Labute approximate surface area is 377 Å². The number of carbonyl (C=O) groups excluding carboxylic acids is 2. The molecule has 1 aliphatic heterocycles. The van der Waals surface area contributed by atoms with Crippen molar-refractivity contribution < 1.29 is 52.2 Å². The fourth-order valence-electron chi connectivity index (χ4n) is 5.27. The number of hydrogen-bond donors (Lipinski definition) is 3. The number of epoxide rings is 1. The van der Waals surface area contributed by atoms with Gasteiger partial charge in [0.25, 0.3) is 0 Å². The number of esters is 2. The molecule has 1 saturated heterocycles. The van der Waals surface area contributed by atoms with E-state index in [-0.39, 0.29) is 12.8 Å². The molecule has 0 spiro atoms. The van der Waals surface area contributed by atoms with Gasteiger partial charge in [-0.3, -0.25) is 23.4 Å². The van der Waals surface area contributed by atoms with Crippen LogP contribution in [0.1, 0.15) is 117 Å². The third kappa shape index (κ3) is 36.7. The average Bonchev–Trinajstić information content (AvgIpc) is 4.02. The van der Waals surface area contributed by atoms with Gasteiger partial charge in [-0.25, -0.2) is 4.57 Å². The maximum atomic E-state index is 12.6. The van der Waals surface area contributed by atoms with Crippen LogP contribution in [-0.4, -0.2) is 72.1 Å². The van der Waals surface area contributed by atoms with E-state index < -0.39 is 57.7 Å². The molecule has 0 aromatic heterocycles. The first kappa shape index (κ1) is 56.6. The Hall–Kier alpha value is -4.42. The molecule has 0 radical (unpaired) electrons. The quantitative estimate of drug-likeness (QED) is 0.0231. The topological polar surface area (TPSA) is 184 Å². The molecule has 0 aromatic rings. The van der Waals surface area contributed by atoms with Crippen molar-refractivity contribution in [3.8, 4) is 0 Å². The van der Waals surface area contributed by atoms with Gasteiger partial charge in [0.05, 0.1) is 25.4 Å². The second kappa shape index (κ2) is 39.2. The molecule has 1 fully saturated rings. The highest BCUT2D eigenvalue weighted by atomic mass is 31.2. The van der Waals surface area contributed by atoms with E-state index in [0.29, 0.717) is 37.9 Å². The van der Waals surface area contributed by atoms with Gasteiger partial charge >= 0.3 is 25.7 Å². The van der Waals surface area contributed by atoms with Crippen LogP contribution >= 0.6 is 7.82 Å². The number of phosphoric ester groups is 1. The van der Waals surface area contributed by atoms with Gasteiger partial charge in [-0.2, -0.15) is 0 Å². The first-order valence-electron chi connectivity index (χ1n) is 22.3. The molecule has 1 rings (SSSR count). The van der Waals surface area contributed by atoms with Crippen LogP contribution in [0.15, 0.2) is 134 Å². The van der Waals surface area contributed by atoms with Crippen molar-refractivity contribution >= 4 is 25.7 Å². The van der Waals surface area contributed by atoms with Gasteiger partial charge in [0.2, 0.25) is 0 Å². The lowest BCUT2D eigenvalue weighted by Crippen LogP contribution is -2.34. The van der Waals surface area contributed by atoms with Crippen LogP contribution in [0.4, 0.5) is 0 Å². The molecule has 12 nitrogen and oxygen atoms in total. The summed E-state index contributed by atoms with van der Waals surface area (Å²) >= 11 is 0. The first-order valence-corrected chi connectivity index (χ1v) is 23.8. The first-order chi connectivity index (χ1) is 30.6. The zero-order valence-electron chi connectivity index (χ0n) is 37.5. The van der Waals surface area contributed by atoms with Crippen LogP contribution in [-0.2, 0) is 42.2 Å². The maximum absolute atomic E-state index is 12.6. The van der Waals surface area contributed by atoms with Crippen molar-refractivity contribution in [2.24, 2.45) is 5.73 Å². The monoisotopic (exact) mass is 895 g/mol. The minimum absolute atomic E-state index is 0.00882. The highest BCUT2D eigenvalue weighted by Gasteiger charge is 2.36. The van der Waals surface area contributed by atoms with Crippen LogP contribution in [0.25, 0.3) is 0 Å². The number of carboxylic acids is 1. The number of hydrogen-bond acceptors (Lipinski definition) is 10. The molecular weight excluding hydrogens is 822 g/mol. The molecule has 0 amide bonds. The third-order valence-electron chi connectivity index (χ3n) is 8.82. The van der Waals surface area contributed by atoms with Crippen LogP contribution in [0.2, 0.25) is 0 Å². The molecule has 1 heterocycles. The molecule has 0 aliphatic carbocycles. The van der Waals surface area contributed by atoms with E-state index >= 15 is 0 Å². The molecule has 63 heavy (non-hydrogen) atoms. The van der Waals surface area contributed by atoms with E-state index in [4.69, 9.17) is 29.6 Å². The number of carbonyl (C=O) groups is 3. The van der Waals surface area contributed by atoms with Gasteiger partial charge in [0.15, 0.2) is 6.10 Å². The Morgan fingerprint density at radius 1 is 0.556 bits per heavy atom. The van der Waals surface area contributed by atoms with Gasteiger partial charge < -0.3 is 29.9 Å². The second-order valence-corrected chi connectivity index (χ2v) is 15.9. The number of nitrogens with two attached hydrogens (primary N) is 1. The Bertz CT molecular complexity index is 1640. The normalized spacial score (nSPS) is 18.1. The average molecular weight is 896 g/mol. The summed E-state index contributed by atoms with van der Waals surface area (Å²) in [6, 6.07) is -1.55. The number of aliphatic carboxylic acids is 1. The zero-order valence-corrected chi connectivity index (χ0v) is 38.4. The Morgan fingerprint density at radius 2 is 0.921 bits per heavy atom. The predicted molar refractivity (Wildman–Crippen MR) is 253 cm³/mol. The molecular formula is C50H74NO11P. The lowest BCUT2D eigenvalue weighted by Gasteiger charge is -2.20. The number of phosphoric acid groups is 1. The highest BCUT2D eigenvalue weighted by Crippen LogP contribution is 2.43. The van der Waals surface area contributed by atoms with Gasteiger partial charge in [0, 0.05) is 12.8 Å². The van der Waals surface area contributed by atoms with Gasteiger partial charge in [-0.15, -0.1) is 0 Å².